The van der Waals surface area contributed by atoms with Gasteiger partial charge in [0.05, 0.1) is 6.26 Å². The minimum absolute atomic E-state index is 0.0616. The molecule has 14 heavy (non-hydrogen) atoms. The Kier molecular flexibility index (Phi) is 2.97. The standard InChI is InChI=1S/C8H12N2O3S/c1-14(12,13)10-7-2-3-8(11)6(4-7)5-9/h2-4,10-11H,5,9H2,1H3. The average molecular weight is 216 g/mol. The third-order valence-electron chi connectivity index (χ3n) is 1.60. The Labute approximate surface area is 82.6 Å². The Bertz CT molecular complexity index is 428. The molecule has 0 aliphatic rings. The van der Waals surface area contributed by atoms with Crippen LogP contribution >= 0.6 is 0 Å². The van der Waals surface area contributed by atoms with Crippen LogP contribution in [0.4, 0.5) is 5.69 Å². The van der Waals surface area contributed by atoms with Gasteiger partial charge in [-0.25, -0.2) is 8.42 Å². The van der Waals surface area contributed by atoms with Gasteiger partial charge in [0.15, 0.2) is 0 Å². The molecule has 0 aromatic heterocycles. The summed E-state index contributed by atoms with van der Waals surface area (Å²) in [7, 11) is -3.29. The minimum Gasteiger partial charge on any atom is -0.508 e. The molecule has 0 bridgehead atoms. The predicted octanol–water partition coefficient (Wildman–Crippen LogP) is 0.222. The predicted molar refractivity (Wildman–Crippen MR) is 54.5 cm³/mol. The first-order valence-electron chi connectivity index (χ1n) is 3.92. The lowest BCUT2D eigenvalue weighted by molar-refractivity contribution is 0.468. The van der Waals surface area contributed by atoms with Crippen molar-refractivity contribution in [3.8, 4) is 5.75 Å². The van der Waals surface area contributed by atoms with Crippen LogP contribution in [0.5, 0.6) is 5.75 Å². The number of rotatable bonds is 3. The number of nitrogens with one attached hydrogen (secondary N) is 1. The Balaban J connectivity index is 3.01. The fourth-order valence-electron chi connectivity index (χ4n) is 1.03. The lowest BCUT2D eigenvalue weighted by Crippen LogP contribution is -2.10. The molecule has 0 fully saturated rings. The fraction of sp³-hybridized carbons (Fsp3) is 0.250. The van der Waals surface area contributed by atoms with E-state index in [-0.39, 0.29) is 12.3 Å². The number of hydrogen-bond acceptors (Lipinski definition) is 4. The van der Waals surface area contributed by atoms with E-state index in [1.807, 2.05) is 0 Å². The van der Waals surface area contributed by atoms with Gasteiger partial charge in [0.25, 0.3) is 0 Å². The van der Waals surface area contributed by atoms with E-state index in [1.165, 1.54) is 18.2 Å². The molecule has 0 aliphatic carbocycles. The summed E-state index contributed by atoms with van der Waals surface area (Å²) in [5.74, 6) is 0.0616. The average Bonchev–Trinajstić information content (AvgIpc) is 2.06. The van der Waals surface area contributed by atoms with E-state index in [0.29, 0.717) is 11.3 Å². The zero-order valence-electron chi connectivity index (χ0n) is 7.69. The summed E-state index contributed by atoms with van der Waals surface area (Å²) in [6, 6.07) is 4.36. The Morgan fingerprint density at radius 3 is 2.64 bits per heavy atom. The van der Waals surface area contributed by atoms with Crippen LogP contribution in [0.3, 0.4) is 0 Å². The zero-order chi connectivity index (χ0) is 10.8. The molecule has 5 nitrogen and oxygen atoms in total. The number of phenolic OH excluding ortho intramolecular Hbond substituents is 1. The molecule has 1 rings (SSSR count). The van der Waals surface area contributed by atoms with Crippen LogP contribution < -0.4 is 10.5 Å². The van der Waals surface area contributed by atoms with E-state index < -0.39 is 10.0 Å². The van der Waals surface area contributed by atoms with Crippen molar-refractivity contribution in [2.75, 3.05) is 11.0 Å². The molecule has 0 aliphatic heterocycles. The van der Waals surface area contributed by atoms with Gasteiger partial charge in [0.1, 0.15) is 5.75 Å². The highest BCUT2D eigenvalue weighted by molar-refractivity contribution is 7.92. The number of aromatic hydroxyl groups is 1. The monoisotopic (exact) mass is 216 g/mol. The third kappa shape index (κ3) is 2.90. The molecular formula is C8H12N2O3S. The summed E-state index contributed by atoms with van der Waals surface area (Å²) < 4.78 is 24.0. The molecule has 1 aromatic carbocycles. The van der Waals surface area contributed by atoms with Crippen molar-refractivity contribution in [2.45, 2.75) is 6.54 Å². The van der Waals surface area contributed by atoms with Gasteiger partial charge < -0.3 is 10.8 Å². The summed E-state index contributed by atoms with van der Waals surface area (Å²) >= 11 is 0. The second-order valence-electron chi connectivity index (χ2n) is 2.92. The Hall–Kier alpha value is -1.27. The van der Waals surface area contributed by atoms with Crippen LogP contribution in [0, 0.1) is 0 Å². The number of phenols is 1. The topological polar surface area (TPSA) is 92.4 Å². The summed E-state index contributed by atoms with van der Waals surface area (Å²) in [6.07, 6.45) is 1.06. The number of nitrogens with two attached hydrogens (primary N) is 1. The van der Waals surface area contributed by atoms with E-state index in [1.54, 1.807) is 0 Å². The van der Waals surface area contributed by atoms with Crippen LogP contribution in [0.1, 0.15) is 5.56 Å². The summed E-state index contributed by atoms with van der Waals surface area (Å²) in [5.41, 5.74) is 6.24. The number of hydrogen-bond donors (Lipinski definition) is 3. The molecular weight excluding hydrogens is 204 g/mol. The quantitative estimate of drug-likeness (QED) is 0.630. The van der Waals surface area contributed by atoms with Crippen LogP contribution in [-0.2, 0) is 16.6 Å². The lowest BCUT2D eigenvalue weighted by Gasteiger charge is -2.06. The highest BCUT2D eigenvalue weighted by Crippen LogP contribution is 2.21. The van der Waals surface area contributed by atoms with E-state index >= 15 is 0 Å². The highest BCUT2D eigenvalue weighted by Gasteiger charge is 2.04. The molecule has 0 saturated carbocycles. The lowest BCUT2D eigenvalue weighted by atomic mass is 10.2. The second-order valence-corrected chi connectivity index (χ2v) is 4.67. The van der Waals surface area contributed by atoms with Crippen molar-refractivity contribution in [1.29, 1.82) is 0 Å². The molecule has 0 saturated heterocycles. The first kappa shape index (κ1) is 10.8. The molecule has 6 heteroatoms. The third-order valence-corrected chi connectivity index (χ3v) is 2.21. The molecule has 4 N–H and O–H groups in total. The van der Waals surface area contributed by atoms with Gasteiger partial charge in [0, 0.05) is 17.8 Å². The minimum atomic E-state index is -3.29. The Morgan fingerprint density at radius 2 is 2.14 bits per heavy atom. The second kappa shape index (κ2) is 3.85. The SMILES string of the molecule is CS(=O)(=O)Nc1ccc(O)c(CN)c1. The number of benzene rings is 1. The van der Waals surface area contributed by atoms with Crippen molar-refractivity contribution in [2.24, 2.45) is 5.73 Å². The largest absolute Gasteiger partial charge is 0.508 e. The summed E-state index contributed by atoms with van der Waals surface area (Å²) in [5, 5.41) is 9.28. The first-order chi connectivity index (χ1) is 6.42. The van der Waals surface area contributed by atoms with Crippen molar-refractivity contribution in [1.82, 2.24) is 0 Å². The molecule has 0 heterocycles. The van der Waals surface area contributed by atoms with Gasteiger partial charge in [-0.05, 0) is 18.2 Å². The molecule has 78 valence electrons. The van der Waals surface area contributed by atoms with Gasteiger partial charge in [-0.2, -0.15) is 0 Å². The first-order valence-corrected chi connectivity index (χ1v) is 5.81. The molecule has 0 atom stereocenters. The van der Waals surface area contributed by atoms with Crippen molar-refractivity contribution >= 4 is 15.7 Å². The van der Waals surface area contributed by atoms with Gasteiger partial charge in [-0.1, -0.05) is 0 Å². The number of sulfonamides is 1. The smallest absolute Gasteiger partial charge is 0.229 e. The highest BCUT2D eigenvalue weighted by atomic mass is 32.2. The van der Waals surface area contributed by atoms with Gasteiger partial charge >= 0.3 is 0 Å². The zero-order valence-corrected chi connectivity index (χ0v) is 8.50. The van der Waals surface area contributed by atoms with Gasteiger partial charge in [-0.15, -0.1) is 0 Å². The molecule has 0 amide bonds. The number of anilines is 1. The maximum absolute atomic E-state index is 10.9. The van der Waals surface area contributed by atoms with E-state index in [0.717, 1.165) is 6.26 Å². The van der Waals surface area contributed by atoms with E-state index in [2.05, 4.69) is 4.72 Å². The van der Waals surface area contributed by atoms with Crippen LogP contribution in [-0.4, -0.2) is 19.8 Å². The summed E-state index contributed by atoms with van der Waals surface area (Å²) in [4.78, 5) is 0. The van der Waals surface area contributed by atoms with Crippen LogP contribution in [0.15, 0.2) is 18.2 Å². The molecule has 0 unspecified atom stereocenters. The van der Waals surface area contributed by atoms with Crippen molar-refractivity contribution in [3.05, 3.63) is 23.8 Å². The molecule has 1 aromatic rings. The normalized spacial score (nSPS) is 11.3. The van der Waals surface area contributed by atoms with Gasteiger partial charge in [0.2, 0.25) is 10.0 Å². The van der Waals surface area contributed by atoms with Crippen molar-refractivity contribution < 1.29 is 13.5 Å². The van der Waals surface area contributed by atoms with E-state index in [9.17, 15) is 13.5 Å². The van der Waals surface area contributed by atoms with Crippen LogP contribution in [0.25, 0.3) is 0 Å². The maximum atomic E-state index is 10.9. The van der Waals surface area contributed by atoms with Crippen LogP contribution in [0.2, 0.25) is 0 Å². The van der Waals surface area contributed by atoms with Crippen molar-refractivity contribution in [3.63, 3.8) is 0 Å². The molecule has 0 spiro atoms. The fourth-order valence-corrected chi connectivity index (χ4v) is 1.58. The van der Waals surface area contributed by atoms with Gasteiger partial charge in [-0.3, -0.25) is 4.72 Å². The van der Waals surface area contributed by atoms with E-state index in [4.69, 9.17) is 5.73 Å². The Morgan fingerprint density at radius 1 is 1.50 bits per heavy atom. The molecule has 0 radical (unpaired) electrons. The maximum Gasteiger partial charge on any atom is 0.229 e. The summed E-state index contributed by atoms with van der Waals surface area (Å²) in [6.45, 7) is 0.158.